The Labute approximate surface area is 96.5 Å². The van der Waals surface area contributed by atoms with E-state index in [0.29, 0.717) is 0 Å². The van der Waals surface area contributed by atoms with Crippen molar-refractivity contribution in [3.8, 4) is 0 Å². The van der Waals surface area contributed by atoms with Crippen molar-refractivity contribution in [2.24, 2.45) is 0 Å². The second kappa shape index (κ2) is 4.24. The number of nitrogens with zero attached hydrogens (tertiary/aromatic N) is 2. The summed E-state index contributed by atoms with van der Waals surface area (Å²) >= 11 is 0. The summed E-state index contributed by atoms with van der Waals surface area (Å²) in [7, 11) is 0. The first-order chi connectivity index (χ1) is 7.59. The summed E-state index contributed by atoms with van der Waals surface area (Å²) in [5.41, 5.74) is 3.72. The minimum atomic E-state index is 0.170. The first-order valence-electron chi connectivity index (χ1n) is 5.83. The predicted molar refractivity (Wildman–Crippen MR) is 63.6 cm³/mol. The summed E-state index contributed by atoms with van der Waals surface area (Å²) in [4.78, 5) is 18.6. The Bertz CT molecular complexity index is 420. The van der Waals surface area contributed by atoms with Crippen molar-refractivity contribution < 1.29 is 4.79 Å². The molecule has 1 aliphatic rings. The fourth-order valence-corrected chi connectivity index (χ4v) is 2.21. The molecule has 1 aromatic rings. The molecular formula is C13H18N2O. The molecule has 1 fully saturated rings. The van der Waals surface area contributed by atoms with E-state index in [1.54, 1.807) is 0 Å². The summed E-state index contributed by atoms with van der Waals surface area (Å²) in [6.45, 7) is 7.68. The van der Waals surface area contributed by atoms with E-state index in [4.69, 9.17) is 0 Å². The zero-order valence-electron chi connectivity index (χ0n) is 10.2. The fourth-order valence-electron chi connectivity index (χ4n) is 2.21. The van der Waals surface area contributed by atoms with E-state index < -0.39 is 0 Å². The third kappa shape index (κ3) is 1.94. The van der Waals surface area contributed by atoms with Crippen LogP contribution in [0.1, 0.15) is 40.2 Å². The van der Waals surface area contributed by atoms with Gasteiger partial charge in [0.25, 0.3) is 5.91 Å². The molecule has 0 bridgehead atoms. The van der Waals surface area contributed by atoms with Crippen molar-refractivity contribution in [1.82, 2.24) is 9.88 Å². The summed E-state index contributed by atoms with van der Waals surface area (Å²) in [5.74, 6) is 0.170. The van der Waals surface area contributed by atoms with Gasteiger partial charge in [-0.1, -0.05) is 0 Å². The molecule has 16 heavy (non-hydrogen) atoms. The third-order valence-electron chi connectivity index (χ3n) is 3.27. The molecule has 0 aliphatic carbocycles. The van der Waals surface area contributed by atoms with E-state index in [9.17, 15) is 4.79 Å². The van der Waals surface area contributed by atoms with E-state index in [1.165, 1.54) is 0 Å². The molecule has 0 atom stereocenters. The van der Waals surface area contributed by atoms with Crippen molar-refractivity contribution in [3.63, 3.8) is 0 Å². The molecule has 1 aliphatic heterocycles. The lowest BCUT2D eigenvalue weighted by Gasteiger charge is -2.17. The third-order valence-corrected chi connectivity index (χ3v) is 3.27. The Hall–Kier alpha value is -1.38. The van der Waals surface area contributed by atoms with Crippen LogP contribution in [0.25, 0.3) is 0 Å². The van der Waals surface area contributed by atoms with Crippen LogP contribution in [-0.4, -0.2) is 28.9 Å². The van der Waals surface area contributed by atoms with Crippen LogP contribution in [0, 0.1) is 20.8 Å². The number of aromatic nitrogens is 1. The van der Waals surface area contributed by atoms with Crippen LogP contribution in [0.4, 0.5) is 0 Å². The normalized spacial score (nSPS) is 15.6. The highest BCUT2D eigenvalue weighted by molar-refractivity contribution is 5.96. The van der Waals surface area contributed by atoms with Crippen LogP contribution in [0.5, 0.6) is 0 Å². The number of aryl methyl sites for hydroxylation is 2. The number of amides is 1. The summed E-state index contributed by atoms with van der Waals surface area (Å²) in [6, 6.07) is 1.91. The molecule has 86 valence electrons. The fraction of sp³-hybridized carbons (Fsp3) is 0.538. The summed E-state index contributed by atoms with van der Waals surface area (Å²) < 4.78 is 0. The molecule has 0 saturated carbocycles. The van der Waals surface area contributed by atoms with Gasteiger partial charge in [-0.15, -0.1) is 0 Å². The van der Waals surface area contributed by atoms with Crippen molar-refractivity contribution >= 4 is 5.91 Å². The number of hydrogen-bond donors (Lipinski definition) is 0. The molecule has 0 radical (unpaired) electrons. The molecule has 0 spiro atoms. The Balaban J connectivity index is 2.35. The number of carbonyl (C=O) groups is 1. The standard InChI is InChI=1S/C13H18N2O/c1-9-8-12(10(2)11(3)14-9)13(16)15-6-4-5-7-15/h8H,4-7H2,1-3H3. The number of hydrogen-bond acceptors (Lipinski definition) is 2. The minimum Gasteiger partial charge on any atom is -0.339 e. The second-order valence-corrected chi connectivity index (χ2v) is 4.52. The van der Waals surface area contributed by atoms with E-state index in [-0.39, 0.29) is 5.91 Å². The summed E-state index contributed by atoms with van der Waals surface area (Å²) in [5, 5.41) is 0. The molecule has 0 N–H and O–H groups in total. The molecule has 1 aromatic heterocycles. The van der Waals surface area contributed by atoms with Crippen LogP contribution in [-0.2, 0) is 0 Å². The van der Waals surface area contributed by atoms with Gasteiger partial charge in [-0.25, -0.2) is 0 Å². The number of likely N-dealkylation sites (tertiary alicyclic amines) is 1. The van der Waals surface area contributed by atoms with Crippen LogP contribution in [0.15, 0.2) is 6.07 Å². The van der Waals surface area contributed by atoms with Crippen molar-refractivity contribution in [3.05, 3.63) is 28.6 Å². The highest BCUT2D eigenvalue weighted by Crippen LogP contribution is 2.18. The maximum Gasteiger partial charge on any atom is 0.254 e. The van der Waals surface area contributed by atoms with Gasteiger partial charge in [-0.3, -0.25) is 9.78 Å². The SMILES string of the molecule is Cc1cc(C(=O)N2CCCC2)c(C)c(C)n1. The average molecular weight is 218 g/mol. The zero-order chi connectivity index (χ0) is 11.7. The molecule has 2 rings (SSSR count). The second-order valence-electron chi connectivity index (χ2n) is 4.52. The Kier molecular flexibility index (Phi) is 2.95. The van der Waals surface area contributed by atoms with E-state index in [2.05, 4.69) is 4.98 Å². The molecule has 1 amide bonds. The quantitative estimate of drug-likeness (QED) is 0.724. The van der Waals surface area contributed by atoms with Gasteiger partial charge in [-0.2, -0.15) is 0 Å². The number of pyridine rings is 1. The maximum absolute atomic E-state index is 12.3. The molecule has 3 nitrogen and oxygen atoms in total. The van der Waals surface area contributed by atoms with Crippen molar-refractivity contribution in [2.75, 3.05) is 13.1 Å². The van der Waals surface area contributed by atoms with Gasteiger partial charge in [0.15, 0.2) is 0 Å². The molecular weight excluding hydrogens is 200 g/mol. The largest absolute Gasteiger partial charge is 0.339 e. The first-order valence-corrected chi connectivity index (χ1v) is 5.83. The molecule has 3 heteroatoms. The zero-order valence-corrected chi connectivity index (χ0v) is 10.2. The Morgan fingerprint density at radius 3 is 2.50 bits per heavy atom. The van der Waals surface area contributed by atoms with E-state index >= 15 is 0 Å². The Morgan fingerprint density at radius 1 is 1.25 bits per heavy atom. The first kappa shape index (κ1) is 11.1. The highest BCUT2D eigenvalue weighted by atomic mass is 16.2. The monoisotopic (exact) mass is 218 g/mol. The summed E-state index contributed by atoms with van der Waals surface area (Å²) in [6.07, 6.45) is 2.27. The van der Waals surface area contributed by atoms with Gasteiger partial charge in [0, 0.05) is 30.0 Å². The number of rotatable bonds is 1. The van der Waals surface area contributed by atoms with Gasteiger partial charge in [0.1, 0.15) is 0 Å². The van der Waals surface area contributed by atoms with Crippen LogP contribution in [0.3, 0.4) is 0 Å². The number of carbonyl (C=O) groups excluding carboxylic acids is 1. The van der Waals surface area contributed by atoms with E-state index in [0.717, 1.165) is 48.4 Å². The van der Waals surface area contributed by atoms with Crippen LogP contribution >= 0.6 is 0 Å². The lowest BCUT2D eigenvalue weighted by molar-refractivity contribution is 0.0791. The van der Waals surface area contributed by atoms with Gasteiger partial charge in [0.05, 0.1) is 0 Å². The maximum atomic E-state index is 12.3. The smallest absolute Gasteiger partial charge is 0.254 e. The lowest BCUT2D eigenvalue weighted by atomic mass is 10.1. The van der Waals surface area contributed by atoms with Gasteiger partial charge >= 0.3 is 0 Å². The molecule has 1 saturated heterocycles. The van der Waals surface area contributed by atoms with Crippen molar-refractivity contribution in [1.29, 1.82) is 0 Å². The minimum absolute atomic E-state index is 0.170. The molecule has 0 aromatic carbocycles. The highest BCUT2D eigenvalue weighted by Gasteiger charge is 2.21. The van der Waals surface area contributed by atoms with Gasteiger partial charge < -0.3 is 4.90 Å². The lowest BCUT2D eigenvalue weighted by Crippen LogP contribution is -2.28. The topological polar surface area (TPSA) is 33.2 Å². The molecule has 2 heterocycles. The predicted octanol–water partition coefficient (Wildman–Crippen LogP) is 2.24. The van der Waals surface area contributed by atoms with E-state index in [1.807, 2.05) is 31.7 Å². The van der Waals surface area contributed by atoms with Crippen LogP contribution in [0.2, 0.25) is 0 Å². The average Bonchev–Trinajstić information content (AvgIpc) is 2.75. The Morgan fingerprint density at radius 2 is 1.88 bits per heavy atom. The van der Waals surface area contributed by atoms with Gasteiger partial charge in [0.2, 0.25) is 0 Å². The van der Waals surface area contributed by atoms with Crippen molar-refractivity contribution in [2.45, 2.75) is 33.6 Å². The van der Waals surface area contributed by atoms with Gasteiger partial charge in [-0.05, 0) is 45.2 Å². The van der Waals surface area contributed by atoms with Crippen LogP contribution < -0.4 is 0 Å². The molecule has 0 unspecified atom stereocenters.